The van der Waals surface area contributed by atoms with Gasteiger partial charge in [-0.15, -0.1) is 0 Å². The van der Waals surface area contributed by atoms with Crippen LogP contribution in [0.15, 0.2) is 12.1 Å². The summed E-state index contributed by atoms with van der Waals surface area (Å²) < 4.78 is 0. The number of amides is 2. The van der Waals surface area contributed by atoms with Gasteiger partial charge in [0.1, 0.15) is 4.88 Å². The smallest absolute Gasteiger partial charge is 0.413 e. The molecular weight excluding hydrogens is 314 g/mol. The van der Waals surface area contributed by atoms with Gasteiger partial charge in [0.05, 0.1) is 5.69 Å². The summed E-state index contributed by atoms with van der Waals surface area (Å²) in [5.74, 6) is -0.278. The highest BCUT2D eigenvalue weighted by molar-refractivity contribution is 7.17. The molecule has 0 aliphatic heterocycles. The molecule has 1 aromatic carbocycles. The van der Waals surface area contributed by atoms with Crippen molar-refractivity contribution in [3.05, 3.63) is 39.4 Å². The standard InChI is InChI=1S/C16H19N3O3S/c1-8-6-9(2)12(10(3)7-8)18-14(20)13-11(4)17-15(23-13)19(5)16(21)22/h6-7H,1-5H3,(H,18,20)(H,21,22). The number of aromatic nitrogens is 1. The van der Waals surface area contributed by atoms with Gasteiger partial charge >= 0.3 is 6.09 Å². The van der Waals surface area contributed by atoms with Crippen molar-refractivity contribution >= 4 is 34.2 Å². The lowest BCUT2D eigenvalue weighted by atomic mass is 10.1. The van der Waals surface area contributed by atoms with Crippen LogP contribution >= 0.6 is 11.3 Å². The van der Waals surface area contributed by atoms with Gasteiger partial charge in [0.15, 0.2) is 5.13 Å². The van der Waals surface area contributed by atoms with E-state index in [1.807, 2.05) is 32.9 Å². The Labute approximate surface area is 138 Å². The number of hydrogen-bond acceptors (Lipinski definition) is 4. The Bertz CT molecular complexity index is 760. The summed E-state index contributed by atoms with van der Waals surface area (Å²) in [6.07, 6.45) is -1.11. The van der Waals surface area contributed by atoms with E-state index in [4.69, 9.17) is 5.11 Å². The zero-order valence-electron chi connectivity index (χ0n) is 13.7. The topological polar surface area (TPSA) is 82.5 Å². The summed E-state index contributed by atoms with van der Waals surface area (Å²) in [6.45, 7) is 7.59. The van der Waals surface area contributed by atoms with Crippen LogP contribution in [0.5, 0.6) is 0 Å². The maximum Gasteiger partial charge on any atom is 0.413 e. The van der Waals surface area contributed by atoms with E-state index in [2.05, 4.69) is 10.3 Å². The molecule has 0 aliphatic carbocycles. The Morgan fingerprint density at radius 2 is 1.74 bits per heavy atom. The van der Waals surface area contributed by atoms with E-state index in [0.29, 0.717) is 10.6 Å². The van der Waals surface area contributed by atoms with Gasteiger partial charge in [-0.25, -0.2) is 9.78 Å². The summed E-state index contributed by atoms with van der Waals surface area (Å²) in [7, 11) is 1.40. The van der Waals surface area contributed by atoms with Crippen molar-refractivity contribution in [2.45, 2.75) is 27.7 Å². The Morgan fingerprint density at radius 3 is 2.26 bits per heavy atom. The first-order valence-corrected chi connectivity index (χ1v) is 7.85. The monoisotopic (exact) mass is 333 g/mol. The molecule has 0 unspecified atom stereocenters. The van der Waals surface area contributed by atoms with E-state index >= 15 is 0 Å². The Balaban J connectivity index is 2.30. The average Bonchev–Trinajstić information content (AvgIpc) is 2.83. The molecule has 7 heteroatoms. The second-order valence-corrected chi connectivity index (χ2v) is 6.46. The van der Waals surface area contributed by atoms with Gasteiger partial charge in [-0.1, -0.05) is 29.0 Å². The number of nitrogens with one attached hydrogen (secondary N) is 1. The molecule has 0 aliphatic rings. The van der Waals surface area contributed by atoms with Gasteiger partial charge in [0, 0.05) is 12.7 Å². The summed E-state index contributed by atoms with van der Waals surface area (Å²) in [5.41, 5.74) is 4.40. The van der Waals surface area contributed by atoms with Gasteiger partial charge in [-0.3, -0.25) is 9.69 Å². The van der Waals surface area contributed by atoms with Crippen LogP contribution in [0.2, 0.25) is 0 Å². The molecule has 6 nitrogen and oxygen atoms in total. The number of anilines is 2. The van der Waals surface area contributed by atoms with Crippen molar-refractivity contribution in [2.24, 2.45) is 0 Å². The van der Waals surface area contributed by atoms with Crippen molar-refractivity contribution in [1.29, 1.82) is 0 Å². The largest absolute Gasteiger partial charge is 0.465 e. The fourth-order valence-corrected chi connectivity index (χ4v) is 3.28. The zero-order valence-corrected chi connectivity index (χ0v) is 14.5. The second-order valence-electron chi connectivity index (χ2n) is 5.48. The Hall–Kier alpha value is -2.41. The zero-order chi connectivity index (χ0) is 17.3. The molecule has 2 rings (SSSR count). The van der Waals surface area contributed by atoms with Crippen LogP contribution in [-0.2, 0) is 0 Å². The van der Waals surface area contributed by atoms with Gasteiger partial charge in [-0.05, 0) is 38.8 Å². The third-order valence-corrected chi connectivity index (χ3v) is 4.71. The molecule has 0 atom stereocenters. The van der Waals surface area contributed by atoms with E-state index in [-0.39, 0.29) is 11.0 Å². The van der Waals surface area contributed by atoms with E-state index in [1.165, 1.54) is 7.05 Å². The van der Waals surface area contributed by atoms with Crippen molar-refractivity contribution in [1.82, 2.24) is 4.98 Å². The summed E-state index contributed by atoms with van der Waals surface area (Å²) in [5, 5.41) is 12.2. The number of thiazole rings is 1. The highest BCUT2D eigenvalue weighted by Gasteiger charge is 2.20. The third-order valence-electron chi connectivity index (χ3n) is 3.48. The molecule has 122 valence electrons. The fourth-order valence-electron chi connectivity index (χ4n) is 2.37. The highest BCUT2D eigenvalue weighted by Crippen LogP contribution is 2.28. The van der Waals surface area contributed by atoms with Crippen LogP contribution in [0.1, 0.15) is 32.1 Å². The van der Waals surface area contributed by atoms with E-state index in [1.54, 1.807) is 6.92 Å². The first-order valence-electron chi connectivity index (χ1n) is 7.04. The summed E-state index contributed by atoms with van der Waals surface area (Å²) >= 11 is 1.06. The van der Waals surface area contributed by atoms with Crippen LogP contribution in [0.4, 0.5) is 15.6 Å². The van der Waals surface area contributed by atoms with E-state index < -0.39 is 6.09 Å². The fraction of sp³-hybridized carbons (Fsp3) is 0.312. The van der Waals surface area contributed by atoms with Crippen LogP contribution < -0.4 is 10.2 Å². The lowest BCUT2D eigenvalue weighted by Crippen LogP contribution is -2.23. The van der Waals surface area contributed by atoms with E-state index in [0.717, 1.165) is 38.6 Å². The first kappa shape index (κ1) is 17.0. The predicted octanol–water partition coefficient (Wildman–Crippen LogP) is 3.74. The molecule has 0 radical (unpaired) electrons. The molecule has 0 bridgehead atoms. The lowest BCUT2D eigenvalue weighted by Gasteiger charge is -2.12. The SMILES string of the molecule is Cc1cc(C)c(NC(=O)c2sc(N(C)C(=O)O)nc2C)c(C)c1. The van der Waals surface area contributed by atoms with Gasteiger partial charge in [-0.2, -0.15) is 0 Å². The average molecular weight is 333 g/mol. The lowest BCUT2D eigenvalue weighted by molar-refractivity contribution is 0.102. The number of rotatable bonds is 3. The molecule has 23 heavy (non-hydrogen) atoms. The third kappa shape index (κ3) is 3.50. The minimum atomic E-state index is -1.11. The maximum absolute atomic E-state index is 12.5. The molecule has 2 amide bonds. The van der Waals surface area contributed by atoms with Crippen LogP contribution in [-0.4, -0.2) is 29.1 Å². The minimum Gasteiger partial charge on any atom is -0.465 e. The normalized spacial score (nSPS) is 10.5. The van der Waals surface area contributed by atoms with Crippen molar-refractivity contribution in [2.75, 3.05) is 17.3 Å². The molecule has 0 saturated carbocycles. The number of hydrogen-bond donors (Lipinski definition) is 2. The number of benzene rings is 1. The Morgan fingerprint density at radius 1 is 1.17 bits per heavy atom. The van der Waals surface area contributed by atoms with Crippen LogP contribution in [0, 0.1) is 27.7 Å². The van der Waals surface area contributed by atoms with Gasteiger partial charge in [0.2, 0.25) is 0 Å². The second kappa shape index (κ2) is 6.37. The molecule has 2 aromatic rings. The maximum atomic E-state index is 12.5. The number of nitrogens with zero attached hydrogens (tertiary/aromatic N) is 2. The predicted molar refractivity (Wildman–Crippen MR) is 91.9 cm³/mol. The van der Waals surface area contributed by atoms with Crippen molar-refractivity contribution in [3.63, 3.8) is 0 Å². The van der Waals surface area contributed by atoms with Crippen molar-refractivity contribution < 1.29 is 14.7 Å². The quantitative estimate of drug-likeness (QED) is 0.896. The molecule has 1 heterocycles. The highest BCUT2D eigenvalue weighted by atomic mass is 32.1. The van der Waals surface area contributed by atoms with Crippen LogP contribution in [0.25, 0.3) is 0 Å². The van der Waals surface area contributed by atoms with Crippen LogP contribution in [0.3, 0.4) is 0 Å². The summed E-state index contributed by atoms with van der Waals surface area (Å²) in [6, 6.07) is 4.01. The summed E-state index contributed by atoms with van der Waals surface area (Å²) in [4.78, 5) is 29.1. The molecule has 0 saturated heterocycles. The first-order chi connectivity index (χ1) is 10.7. The van der Waals surface area contributed by atoms with Crippen molar-refractivity contribution in [3.8, 4) is 0 Å². The molecule has 0 fully saturated rings. The van der Waals surface area contributed by atoms with E-state index in [9.17, 15) is 9.59 Å². The molecular formula is C16H19N3O3S. The number of carbonyl (C=O) groups excluding carboxylic acids is 1. The van der Waals surface area contributed by atoms with Gasteiger partial charge < -0.3 is 10.4 Å². The molecule has 1 aromatic heterocycles. The van der Waals surface area contributed by atoms with Gasteiger partial charge in [0.25, 0.3) is 5.91 Å². The Kier molecular flexibility index (Phi) is 4.70. The number of aryl methyl sites for hydroxylation is 4. The molecule has 2 N–H and O–H groups in total. The minimum absolute atomic E-state index is 0.275. The number of carboxylic acid groups (broad SMARTS) is 1. The number of carbonyl (C=O) groups is 2. The molecule has 0 spiro atoms.